The lowest BCUT2D eigenvalue weighted by molar-refractivity contribution is -0.148. The summed E-state index contributed by atoms with van der Waals surface area (Å²) in [6.07, 6.45) is -1.31. The molecule has 2 aromatic carbocycles. The van der Waals surface area contributed by atoms with Crippen LogP contribution in [0, 0.1) is 0 Å². The summed E-state index contributed by atoms with van der Waals surface area (Å²) in [5.41, 5.74) is 0.778. The van der Waals surface area contributed by atoms with Crippen molar-refractivity contribution in [1.82, 2.24) is 5.32 Å². The molecule has 0 saturated carbocycles. The van der Waals surface area contributed by atoms with Crippen LogP contribution in [0.5, 0.6) is 11.5 Å². The number of aliphatic hydroxyl groups is 1. The average Bonchev–Trinajstić information content (AvgIpc) is 3.14. The Labute approximate surface area is 150 Å². The molecule has 1 amide bonds. The second-order valence-electron chi connectivity index (χ2n) is 5.63. The molecule has 0 unspecified atom stereocenters. The Morgan fingerprint density at radius 3 is 2.62 bits per heavy atom. The molecule has 0 aliphatic carbocycles. The van der Waals surface area contributed by atoms with Gasteiger partial charge in [-0.15, -0.1) is 0 Å². The van der Waals surface area contributed by atoms with Crippen molar-refractivity contribution in [1.29, 1.82) is 0 Å². The molecular weight excluding hydrogens is 338 g/mol. The first-order chi connectivity index (χ1) is 12.6. The zero-order chi connectivity index (χ0) is 18.5. The van der Waals surface area contributed by atoms with E-state index in [0.717, 1.165) is 0 Å². The largest absolute Gasteiger partial charge is 0.464 e. The number of fused-ring (bicyclic) bond motifs is 1. The highest BCUT2D eigenvalue weighted by atomic mass is 16.7. The normalized spacial score (nSPS) is 14.4. The molecule has 136 valence electrons. The quantitative estimate of drug-likeness (QED) is 0.766. The molecular formula is C19H19NO6. The topological polar surface area (TPSA) is 94.1 Å². The first kappa shape index (κ1) is 17.8. The second-order valence-corrected chi connectivity index (χ2v) is 5.63. The number of hydrogen-bond donors (Lipinski definition) is 2. The number of ether oxygens (including phenoxy) is 3. The minimum absolute atomic E-state index is 0.0981. The maximum atomic E-state index is 12.4. The van der Waals surface area contributed by atoms with E-state index >= 15 is 0 Å². The van der Waals surface area contributed by atoms with Gasteiger partial charge in [-0.2, -0.15) is 0 Å². The highest BCUT2D eigenvalue weighted by molar-refractivity contribution is 5.96. The second kappa shape index (κ2) is 7.88. The van der Waals surface area contributed by atoms with Gasteiger partial charge in [0.05, 0.1) is 6.61 Å². The molecule has 1 heterocycles. The fourth-order valence-corrected chi connectivity index (χ4v) is 2.60. The lowest BCUT2D eigenvalue weighted by Crippen LogP contribution is -2.46. The van der Waals surface area contributed by atoms with Crippen molar-refractivity contribution in [2.24, 2.45) is 0 Å². The molecule has 2 aromatic rings. The summed E-state index contributed by atoms with van der Waals surface area (Å²) in [5, 5.41) is 13.2. The maximum Gasteiger partial charge on any atom is 0.331 e. The Hall–Kier alpha value is -3.06. The maximum absolute atomic E-state index is 12.4. The highest BCUT2D eigenvalue weighted by Crippen LogP contribution is 2.35. The monoisotopic (exact) mass is 357 g/mol. The third-order valence-corrected chi connectivity index (χ3v) is 3.92. The van der Waals surface area contributed by atoms with Crippen LogP contribution in [0.1, 0.15) is 28.9 Å². The Balaban J connectivity index is 1.83. The van der Waals surface area contributed by atoms with Gasteiger partial charge in [0, 0.05) is 5.56 Å². The molecule has 0 bridgehead atoms. The van der Waals surface area contributed by atoms with Crippen molar-refractivity contribution in [3.05, 3.63) is 59.7 Å². The van der Waals surface area contributed by atoms with Crippen molar-refractivity contribution < 1.29 is 28.9 Å². The van der Waals surface area contributed by atoms with E-state index in [1.54, 1.807) is 55.5 Å². The van der Waals surface area contributed by atoms with Crippen LogP contribution in [-0.4, -0.2) is 36.4 Å². The van der Waals surface area contributed by atoms with Crippen LogP contribution in [0.2, 0.25) is 0 Å². The van der Waals surface area contributed by atoms with E-state index in [-0.39, 0.29) is 13.4 Å². The minimum atomic E-state index is -1.31. The van der Waals surface area contributed by atoms with Crippen LogP contribution in [0.15, 0.2) is 48.5 Å². The molecule has 1 aliphatic rings. The summed E-state index contributed by atoms with van der Waals surface area (Å²) in [5.74, 6) is -0.175. The number of aliphatic hydroxyl groups excluding tert-OH is 1. The molecule has 0 spiro atoms. The molecule has 7 nitrogen and oxygen atoms in total. The zero-order valence-corrected chi connectivity index (χ0v) is 14.2. The van der Waals surface area contributed by atoms with E-state index in [2.05, 4.69) is 5.32 Å². The summed E-state index contributed by atoms with van der Waals surface area (Å²) < 4.78 is 15.5. The summed E-state index contributed by atoms with van der Waals surface area (Å²) in [4.78, 5) is 24.7. The van der Waals surface area contributed by atoms with Crippen molar-refractivity contribution in [3.63, 3.8) is 0 Å². The summed E-state index contributed by atoms with van der Waals surface area (Å²) >= 11 is 0. The number of amides is 1. The zero-order valence-electron chi connectivity index (χ0n) is 14.2. The predicted molar refractivity (Wildman–Crippen MR) is 91.9 cm³/mol. The first-order valence-corrected chi connectivity index (χ1v) is 8.20. The van der Waals surface area contributed by atoms with Gasteiger partial charge in [-0.25, -0.2) is 4.79 Å². The standard InChI is InChI=1S/C19H19NO6/c1-2-24-19(23)16(20-18(22)12-6-4-3-5-7-12)17(21)13-8-9-14-15(10-13)26-11-25-14/h3-10,16-17,21H,2,11H2,1H3,(H,20,22)/t16-,17-/m0/s1. The third kappa shape index (κ3) is 3.78. The lowest BCUT2D eigenvalue weighted by Gasteiger charge is -2.23. The van der Waals surface area contributed by atoms with Crippen LogP contribution in [0.25, 0.3) is 0 Å². The molecule has 2 N–H and O–H groups in total. The number of rotatable bonds is 6. The van der Waals surface area contributed by atoms with Gasteiger partial charge < -0.3 is 24.6 Å². The van der Waals surface area contributed by atoms with E-state index in [9.17, 15) is 14.7 Å². The van der Waals surface area contributed by atoms with Crippen LogP contribution >= 0.6 is 0 Å². The van der Waals surface area contributed by atoms with Gasteiger partial charge in [-0.3, -0.25) is 4.79 Å². The molecule has 2 atom stereocenters. The average molecular weight is 357 g/mol. The highest BCUT2D eigenvalue weighted by Gasteiger charge is 2.32. The molecule has 0 aromatic heterocycles. The first-order valence-electron chi connectivity index (χ1n) is 8.20. The van der Waals surface area contributed by atoms with Gasteiger partial charge >= 0.3 is 5.97 Å². The number of carbonyl (C=O) groups excluding carboxylic acids is 2. The molecule has 7 heteroatoms. The fraction of sp³-hybridized carbons (Fsp3) is 0.263. The summed E-state index contributed by atoms with van der Waals surface area (Å²) in [7, 11) is 0. The number of esters is 1. The van der Waals surface area contributed by atoms with E-state index in [4.69, 9.17) is 14.2 Å². The molecule has 0 saturated heterocycles. The molecule has 3 rings (SSSR count). The van der Waals surface area contributed by atoms with Gasteiger partial charge in [0.25, 0.3) is 5.91 Å². The summed E-state index contributed by atoms with van der Waals surface area (Å²) in [6, 6.07) is 12.0. The summed E-state index contributed by atoms with van der Waals surface area (Å²) in [6.45, 7) is 1.88. The van der Waals surface area contributed by atoms with Crippen molar-refractivity contribution in [3.8, 4) is 11.5 Å². The van der Waals surface area contributed by atoms with E-state index < -0.39 is 24.0 Å². The van der Waals surface area contributed by atoms with Gasteiger partial charge in [-0.1, -0.05) is 24.3 Å². The van der Waals surface area contributed by atoms with E-state index in [0.29, 0.717) is 22.6 Å². The van der Waals surface area contributed by atoms with Crippen LogP contribution in [-0.2, 0) is 9.53 Å². The molecule has 1 aliphatic heterocycles. The molecule has 0 fully saturated rings. The predicted octanol–water partition coefficient (Wildman–Crippen LogP) is 1.81. The van der Waals surface area contributed by atoms with Gasteiger partial charge in [-0.05, 0) is 36.8 Å². The van der Waals surface area contributed by atoms with Crippen molar-refractivity contribution >= 4 is 11.9 Å². The van der Waals surface area contributed by atoms with Crippen LogP contribution in [0.4, 0.5) is 0 Å². The van der Waals surface area contributed by atoms with Crippen LogP contribution < -0.4 is 14.8 Å². The minimum Gasteiger partial charge on any atom is -0.464 e. The number of hydrogen-bond acceptors (Lipinski definition) is 6. The molecule has 26 heavy (non-hydrogen) atoms. The number of nitrogens with one attached hydrogen (secondary N) is 1. The Morgan fingerprint density at radius 1 is 1.15 bits per heavy atom. The van der Waals surface area contributed by atoms with E-state index in [1.165, 1.54) is 0 Å². The van der Waals surface area contributed by atoms with Crippen molar-refractivity contribution in [2.75, 3.05) is 13.4 Å². The Kier molecular flexibility index (Phi) is 5.38. The van der Waals surface area contributed by atoms with Gasteiger partial charge in [0.15, 0.2) is 17.5 Å². The SMILES string of the molecule is CCOC(=O)[C@@H](NC(=O)c1ccccc1)[C@@H](O)c1ccc2c(c1)OCO2. The van der Waals surface area contributed by atoms with Crippen molar-refractivity contribution in [2.45, 2.75) is 19.1 Å². The number of carbonyl (C=O) groups is 2. The lowest BCUT2D eigenvalue weighted by atomic mass is 10.0. The molecule has 0 radical (unpaired) electrons. The Bertz CT molecular complexity index is 792. The van der Waals surface area contributed by atoms with Gasteiger partial charge in [0.2, 0.25) is 6.79 Å². The Morgan fingerprint density at radius 2 is 1.88 bits per heavy atom. The fourth-order valence-electron chi connectivity index (χ4n) is 2.60. The van der Waals surface area contributed by atoms with Crippen LogP contribution in [0.3, 0.4) is 0 Å². The van der Waals surface area contributed by atoms with E-state index in [1.807, 2.05) is 0 Å². The smallest absolute Gasteiger partial charge is 0.331 e. The van der Waals surface area contributed by atoms with Gasteiger partial charge in [0.1, 0.15) is 6.10 Å². The number of benzene rings is 2. The third-order valence-electron chi connectivity index (χ3n) is 3.92.